The molecule has 0 saturated carbocycles. The van der Waals surface area contributed by atoms with Gasteiger partial charge in [0.05, 0.1) is 5.92 Å². The van der Waals surface area contributed by atoms with E-state index in [1.54, 1.807) is 6.08 Å². The fourth-order valence-corrected chi connectivity index (χ4v) is 1.91. The lowest BCUT2D eigenvalue weighted by Crippen LogP contribution is -2.21. The molecule has 0 bridgehead atoms. The van der Waals surface area contributed by atoms with Crippen LogP contribution < -0.4 is 0 Å². The normalized spacial score (nSPS) is 20.6. The van der Waals surface area contributed by atoms with Crippen LogP contribution in [0.1, 0.15) is 12.8 Å². The molecule has 0 spiro atoms. The summed E-state index contributed by atoms with van der Waals surface area (Å²) in [5.41, 5.74) is 0.313. The van der Waals surface area contributed by atoms with Crippen LogP contribution in [0.3, 0.4) is 0 Å². The van der Waals surface area contributed by atoms with Gasteiger partial charge in [-0.1, -0.05) is 12.7 Å². The van der Waals surface area contributed by atoms with E-state index in [9.17, 15) is 9.59 Å². The highest BCUT2D eigenvalue weighted by atomic mass is 16.4. The average molecular weight is 252 g/mol. The molecule has 1 amide bonds. The first kappa shape index (κ1) is 14.4. The van der Waals surface area contributed by atoms with Crippen LogP contribution in [0.4, 0.5) is 0 Å². The third-order valence-corrected chi connectivity index (χ3v) is 3.01. The number of likely N-dealkylation sites (tertiary alicyclic amines) is 1. The summed E-state index contributed by atoms with van der Waals surface area (Å²) in [5, 5.41) is 9.12. The number of rotatable bonds is 6. The third-order valence-electron chi connectivity index (χ3n) is 3.01. The summed E-state index contributed by atoms with van der Waals surface area (Å²) < 4.78 is 0. The number of aliphatic carboxylic acids is 1. The van der Waals surface area contributed by atoms with Crippen molar-refractivity contribution in [3.8, 4) is 0 Å². The number of carboxylic acid groups (broad SMARTS) is 1. The Hall–Kier alpha value is -1.62. The molecule has 5 heteroatoms. The third kappa shape index (κ3) is 3.70. The van der Waals surface area contributed by atoms with E-state index in [2.05, 4.69) is 6.58 Å². The van der Waals surface area contributed by atoms with Gasteiger partial charge in [-0.2, -0.15) is 0 Å². The SMILES string of the molecule is C=CN1CCC(C=C(CCN(C)C)C(=O)O)C1=O. The predicted octanol–water partition coefficient (Wildman–Crippen LogP) is 0.941. The van der Waals surface area contributed by atoms with Crippen molar-refractivity contribution >= 4 is 11.9 Å². The molecule has 0 radical (unpaired) electrons. The van der Waals surface area contributed by atoms with Crippen LogP contribution in [0.2, 0.25) is 0 Å². The molecule has 1 aliphatic rings. The monoisotopic (exact) mass is 252 g/mol. The van der Waals surface area contributed by atoms with Crippen LogP contribution in [0.25, 0.3) is 0 Å². The molecule has 1 rings (SSSR count). The highest BCUT2D eigenvalue weighted by molar-refractivity contribution is 5.89. The average Bonchev–Trinajstić information content (AvgIpc) is 2.64. The largest absolute Gasteiger partial charge is 0.478 e. The number of amides is 1. The molecule has 5 nitrogen and oxygen atoms in total. The fraction of sp³-hybridized carbons (Fsp3) is 0.538. The Morgan fingerprint density at radius 3 is 2.72 bits per heavy atom. The van der Waals surface area contributed by atoms with Crippen molar-refractivity contribution in [3.63, 3.8) is 0 Å². The van der Waals surface area contributed by atoms with Gasteiger partial charge in [-0.15, -0.1) is 0 Å². The van der Waals surface area contributed by atoms with Gasteiger partial charge in [0, 0.05) is 18.7 Å². The van der Waals surface area contributed by atoms with Gasteiger partial charge in [-0.25, -0.2) is 4.79 Å². The molecule has 0 aromatic carbocycles. The molecule has 1 aliphatic heterocycles. The number of carboxylic acids is 1. The first-order valence-corrected chi connectivity index (χ1v) is 5.97. The molecule has 100 valence electrons. The molecule has 1 fully saturated rings. The predicted molar refractivity (Wildman–Crippen MR) is 68.9 cm³/mol. The van der Waals surface area contributed by atoms with Crippen LogP contribution in [0.15, 0.2) is 24.4 Å². The Labute approximate surface area is 107 Å². The Kier molecular flexibility index (Phi) is 5.09. The van der Waals surface area contributed by atoms with Crippen molar-refractivity contribution in [2.24, 2.45) is 5.92 Å². The van der Waals surface area contributed by atoms with Gasteiger partial charge in [-0.05, 0) is 33.1 Å². The van der Waals surface area contributed by atoms with Crippen LogP contribution in [-0.2, 0) is 9.59 Å². The van der Waals surface area contributed by atoms with Gasteiger partial charge in [0.2, 0.25) is 5.91 Å². The molecular weight excluding hydrogens is 232 g/mol. The maximum absolute atomic E-state index is 11.8. The summed E-state index contributed by atoms with van der Waals surface area (Å²) in [5.74, 6) is -1.33. The summed E-state index contributed by atoms with van der Waals surface area (Å²) in [6.07, 6.45) is 4.19. The van der Waals surface area contributed by atoms with Crippen LogP contribution in [0.5, 0.6) is 0 Å². The minimum Gasteiger partial charge on any atom is -0.478 e. The molecule has 0 aromatic rings. The molecule has 18 heavy (non-hydrogen) atoms. The fourth-order valence-electron chi connectivity index (χ4n) is 1.91. The summed E-state index contributed by atoms with van der Waals surface area (Å²) >= 11 is 0. The molecule has 1 saturated heterocycles. The van der Waals surface area contributed by atoms with E-state index in [4.69, 9.17) is 5.11 Å². The lowest BCUT2D eigenvalue weighted by atomic mass is 10.0. The summed E-state index contributed by atoms with van der Waals surface area (Å²) in [4.78, 5) is 26.4. The van der Waals surface area contributed by atoms with Gasteiger partial charge in [-0.3, -0.25) is 4.79 Å². The molecule has 1 atom stereocenters. The van der Waals surface area contributed by atoms with Crippen LogP contribution in [-0.4, -0.2) is 54.0 Å². The second kappa shape index (κ2) is 6.35. The lowest BCUT2D eigenvalue weighted by molar-refractivity contribution is -0.132. The molecule has 1 heterocycles. The zero-order chi connectivity index (χ0) is 13.7. The Bertz CT molecular complexity index is 374. The maximum atomic E-state index is 11.8. The second-order valence-electron chi connectivity index (χ2n) is 4.66. The van der Waals surface area contributed by atoms with Crippen molar-refractivity contribution in [3.05, 3.63) is 24.4 Å². The topological polar surface area (TPSA) is 60.9 Å². The minimum absolute atomic E-state index is 0.0615. The van der Waals surface area contributed by atoms with Crippen molar-refractivity contribution in [2.45, 2.75) is 12.8 Å². The zero-order valence-corrected chi connectivity index (χ0v) is 10.9. The smallest absolute Gasteiger partial charge is 0.331 e. The van der Waals surface area contributed by atoms with Crippen molar-refractivity contribution < 1.29 is 14.7 Å². The van der Waals surface area contributed by atoms with E-state index < -0.39 is 5.97 Å². The summed E-state index contributed by atoms with van der Waals surface area (Å²) in [7, 11) is 3.78. The molecule has 0 aromatic heterocycles. The first-order chi connectivity index (χ1) is 8.45. The van der Waals surface area contributed by atoms with Gasteiger partial charge in [0.25, 0.3) is 0 Å². The number of nitrogens with zero attached hydrogens (tertiary/aromatic N) is 2. The Morgan fingerprint density at radius 2 is 2.28 bits per heavy atom. The molecule has 1 unspecified atom stereocenters. The highest BCUT2D eigenvalue weighted by Gasteiger charge is 2.29. The van der Waals surface area contributed by atoms with E-state index in [0.29, 0.717) is 31.5 Å². The second-order valence-corrected chi connectivity index (χ2v) is 4.66. The number of carbonyl (C=O) groups is 2. The van der Waals surface area contributed by atoms with E-state index >= 15 is 0 Å². The zero-order valence-electron chi connectivity index (χ0n) is 10.9. The minimum atomic E-state index is -0.943. The highest BCUT2D eigenvalue weighted by Crippen LogP contribution is 2.21. The molecular formula is C13H20N2O3. The molecule has 0 aliphatic carbocycles. The van der Waals surface area contributed by atoms with Crippen LogP contribution >= 0.6 is 0 Å². The standard InChI is InChI=1S/C13H20N2O3/c1-4-15-8-6-10(12(15)16)9-11(13(17)18)5-7-14(2)3/h4,9-10H,1,5-8H2,2-3H3,(H,17,18). The van der Waals surface area contributed by atoms with Crippen LogP contribution in [0, 0.1) is 5.92 Å². The molecule has 1 N–H and O–H groups in total. The van der Waals surface area contributed by atoms with E-state index in [1.165, 1.54) is 11.1 Å². The van der Waals surface area contributed by atoms with Crippen molar-refractivity contribution in [1.82, 2.24) is 9.80 Å². The Balaban J connectivity index is 2.74. The van der Waals surface area contributed by atoms with Gasteiger partial charge >= 0.3 is 5.97 Å². The lowest BCUT2D eigenvalue weighted by Gasteiger charge is -2.11. The van der Waals surface area contributed by atoms with E-state index in [0.717, 1.165) is 0 Å². The summed E-state index contributed by atoms with van der Waals surface area (Å²) in [6.45, 7) is 4.83. The van der Waals surface area contributed by atoms with Gasteiger partial charge in [0.15, 0.2) is 0 Å². The first-order valence-electron chi connectivity index (χ1n) is 5.97. The summed E-state index contributed by atoms with van der Waals surface area (Å²) in [6, 6.07) is 0. The van der Waals surface area contributed by atoms with Gasteiger partial charge in [0.1, 0.15) is 0 Å². The number of carbonyl (C=O) groups excluding carboxylic acids is 1. The quantitative estimate of drug-likeness (QED) is 0.715. The number of hydrogen-bond donors (Lipinski definition) is 1. The van der Waals surface area contributed by atoms with Crippen molar-refractivity contribution in [1.29, 1.82) is 0 Å². The maximum Gasteiger partial charge on any atom is 0.331 e. The van der Waals surface area contributed by atoms with E-state index in [1.807, 2.05) is 19.0 Å². The number of hydrogen-bond acceptors (Lipinski definition) is 3. The van der Waals surface area contributed by atoms with E-state index in [-0.39, 0.29) is 11.8 Å². The van der Waals surface area contributed by atoms with Crippen molar-refractivity contribution in [2.75, 3.05) is 27.2 Å². The Morgan fingerprint density at radius 1 is 1.61 bits per heavy atom. The van der Waals surface area contributed by atoms with Gasteiger partial charge < -0.3 is 14.9 Å².